The van der Waals surface area contributed by atoms with E-state index in [1.54, 1.807) is 18.2 Å². The highest BCUT2D eigenvalue weighted by Gasteiger charge is 2.30. The number of carbonyl (C=O) groups is 2. The molecule has 0 bridgehead atoms. The van der Waals surface area contributed by atoms with Crippen molar-refractivity contribution in [3.05, 3.63) is 29.5 Å². The minimum absolute atomic E-state index is 0.132. The zero-order valence-electron chi connectivity index (χ0n) is 19.5. The number of benzene rings is 1. The molecule has 0 saturated carbocycles. The normalized spacial score (nSPS) is 16.4. The second-order valence-electron chi connectivity index (χ2n) is 7.45. The average Bonchev–Trinajstić information content (AvgIpc) is 3.46. The Morgan fingerprint density at radius 3 is 2.38 bits per heavy atom. The third-order valence-corrected chi connectivity index (χ3v) is 7.05. The predicted molar refractivity (Wildman–Crippen MR) is 127 cm³/mol. The van der Waals surface area contributed by atoms with Gasteiger partial charge in [-0.1, -0.05) is 0 Å². The number of nitrogens with zero attached hydrogens (tertiary/aromatic N) is 1. The number of H-pyrrole nitrogens is 1. The number of nitrogens with one attached hydrogen (secondary N) is 2. The van der Waals surface area contributed by atoms with Crippen molar-refractivity contribution in [1.29, 1.82) is 0 Å². The number of nitrogens with two attached hydrogens (primary N) is 1. The molecule has 1 aliphatic heterocycles. The molecular weight excluding hydrogens is 538 g/mol. The quantitative estimate of drug-likeness (QED) is 0.0943. The molecule has 2 amide bonds. The van der Waals surface area contributed by atoms with Crippen LogP contribution >= 0.6 is 15.6 Å². The lowest BCUT2D eigenvalue weighted by Gasteiger charge is -2.18. The Morgan fingerprint density at radius 1 is 1.05 bits per heavy atom. The lowest BCUT2D eigenvalue weighted by atomic mass is 10.1. The number of aliphatic hydroxyl groups excluding tert-OH is 1. The number of fused-ring (bicyclic) bond motifs is 3. The van der Waals surface area contributed by atoms with Gasteiger partial charge in [-0.05, 0) is 30.2 Å². The Bertz CT molecular complexity index is 1210. The first-order valence-electron chi connectivity index (χ1n) is 10.9. The molecule has 0 aliphatic carbocycles. The zero-order chi connectivity index (χ0) is 27.1. The number of rotatable bonds is 15. The number of hydrogen-bond acceptors (Lipinski definition) is 11. The fourth-order valence-corrected chi connectivity index (χ4v) is 4.79. The van der Waals surface area contributed by atoms with Crippen molar-refractivity contribution in [2.45, 2.75) is 6.42 Å². The van der Waals surface area contributed by atoms with E-state index in [4.69, 9.17) is 29.5 Å². The minimum atomic E-state index is -4.56. The van der Waals surface area contributed by atoms with E-state index < -0.39 is 47.5 Å². The van der Waals surface area contributed by atoms with Crippen LogP contribution in [0.25, 0.3) is 10.9 Å². The van der Waals surface area contributed by atoms with Gasteiger partial charge in [0.1, 0.15) is 25.8 Å². The number of phosphoric acid groups is 2. The Kier molecular flexibility index (Phi) is 10.3. The van der Waals surface area contributed by atoms with E-state index in [1.807, 2.05) is 0 Å². The summed E-state index contributed by atoms with van der Waals surface area (Å²) in [6, 6.07) is 5.02. The number of phosphoric ester groups is 2. The van der Waals surface area contributed by atoms with Crippen molar-refractivity contribution in [1.82, 2.24) is 10.3 Å². The van der Waals surface area contributed by atoms with Crippen LogP contribution in [0.4, 0.5) is 5.69 Å². The summed E-state index contributed by atoms with van der Waals surface area (Å²) in [6.07, 6.45) is 0.496. The SMILES string of the molecule is NCOP(=O)(O)OCCOCCOP(=O)(O)OCC(=O)N1CCc2c1ccc1[nH]c(C(=O)NCO)cc21. The molecule has 206 valence electrons. The van der Waals surface area contributed by atoms with Gasteiger partial charge in [0.25, 0.3) is 11.8 Å². The molecule has 18 heteroatoms. The molecule has 37 heavy (non-hydrogen) atoms. The number of aromatic nitrogens is 1. The maximum atomic E-state index is 12.7. The second kappa shape index (κ2) is 13.0. The molecule has 2 heterocycles. The van der Waals surface area contributed by atoms with Crippen LogP contribution in [0.15, 0.2) is 18.2 Å². The summed E-state index contributed by atoms with van der Waals surface area (Å²) in [5.74, 6) is -1.04. The number of carbonyl (C=O) groups excluding carboxylic acids is 2. The van der Waals surface area contributed by atoms with E-state index >= 15 is 0 Å². The first-order chi connectivity index (χ1) is 17.6. The minimum Gasteiger partial charge on any atom is -0.377 e. The zero-order valence-corrected chi connectivity index (χ0v) is 21.3. The van der Waals surface area contributed by atoms with Crippen LogP contribution in [0, 0.1) is 0 Å². The molecule has 0 fully saturated rings. The average molecular weight is 566 g/mol. The highest BCUT2D eigenvalue weighted by Crippen LogP contribution is 2.44. The number of amides is 2. The van der Waals surface area contributed by atoms with Gasteiger partial charge in [-0.3, -0.25) is 27.7 Å². The Morgan fingerprint density at radius 2 is 1.73 bits per heavy atom. The van der Waals surface area contributed by atoms with E-state index in [1.165, 1.54) is 4.90 Å². The van der Waals surface area contributed by atoms with Gasteiger partial charge in [0.2, 0.25) is 0 Å². The molecule has 1 aliphatic rings. The molecule has 0 radical (unpaired) electrons. The molecule has 1 aromatic heterocycles. The van der Waals surface area contributed by atoms with Crippen LogP contribution in [0.5, 0.6) is 0 Å². The summed E-state index contributed by atoms with van der Waals surface area (Å²) >= 11 is 0. The van der Waals surface area contributed by atoms with Crippen molar-refractivity contribution < 1.29 is 56.4 Å². The van der Waals surface area contributed by atoms with Gasteiger partial charge in [0.05, 0.1) is 26.4 Å². The molecule has 3 rings (SSSR count). The van der Waals surface area contributed by atoms with Crippen LogP contribution < -0.4 is 16.0 Å². The molecule has 0 saturated heterocycles. The van der Waals surface area contributed by atoms with E-state index in [2.05, 4.69) is 19.3 Å². The molecule has 16 nitrogen and oxygen atoms in total. The predicted octanol–water partition coefficient (Wildman–Crippen LogP) is -0.0634. The molecule has 2 aromatic rings. The van der Waals surface area contributed by atoms with Crippen LogP contribution in [0.3, 0.4) is 0 Å². The monoisotopic (exact) mass is 566 g/mol. The second-order valence-corrected chi connectivity index (χ2v) is 10.4. The van der Waals surface area contributed by atoms with Crippen molar-refractivity contribution in [2.75, 3.05) is 57.9 Å². The largest absolute Gasteiger partial charge is 0.473 e. The van der Waals surface area contributed by atoms with Gasteiger partial charge in [-0.15, -0.1) is 0 Å². The first kappa shape index (κ1) is 29.4. The standard InChI is InChI=1S/C19H28N4O12P2/c20-11-35-37(29,30)33-8-6-31-5-7-32-36(27,28)34-10-18(25)23-4-3-13-14-9-16(19(26)21-12-24)22-15(14)1-2-17(13)23/h1-2,9,22,24H,3-8,10-12,20H2,(H,21,26)(H,27,28)(H,29,30). The Balaban J connectivity index is 1.45. The number of anilines is 1. The van der Waals surface area contributed by atoms with E-state index in [0.717, 1.165) is 10.9 Å². The number of ether oxygens (including phenoxy) is 1. The number of aromatic amines is 1. The number of aliphatic hydroxyl groups is 1. The summed E-state index contributed by atoms with van der Waals surface area (Å²) in [6.45, 7) is -2.36. The van der Waals surface area contributed by atoms with E-state index in [-0.39, 0.29) is 32.1 Å². The molecule has 7 N–H and O–H groups in total. The van der Waals surface area contributed by atoms with Crippen LogP contribution in [-0.2, 0) is 43.2 Å². The Hall–Kier alpha value is -2.20. The highest BCUT2D eigenvalue weighted by atomic mass is 31.2. The maximum absolute atomic E-state index is 12.7. The van der Waals surface area contributed by atoms with E-state index in [9.17, 15) is 23.6 Å². The molecule has 2 unspecified atom stereocenters. The fraction of sp³-hybridized carbons (Fsp3) is 0.474. The summed E-state index contributed by atoms with van der Waals surface area (Å²) < 4.78 is 46.7. The summed E-state index contributed by atoms with van der Waals surface area (Å²) in [7, 11) is -8.81. The van der Waals surface area contributed by atoms with Crippen LogP contribution in [0.2, 0.25) is 0 Å². The molecule has 2 atom stereocenters. The third-order valence-electron chi connectivity index (χ3n) is 5.10. The summed E-state index contributed by atoms with van der Waals surface area (Å²) in [5.41, 5.74) is 7.33. The topological polar surface area (TPSA) is 232 Å². The van der Waals surface area contributed by atoms with Gasteiger partial charge in [-0.25, -0.2) is 9.13 Å². The maximum Gasteiger partial charge on any atom is 0.473 e. The van der Waals surface area contributed by atoms with Gasteiger partial charge >= 0.3 is 15.6 Å². The number of hydrogen-bond donors (Lipinski definition) is 6. The van der Waals surface area contributed by atoms with Crippen molar-refractivity contribution >= 4 is 44.1 Å². The van der Waals surface area contributed by atoms with E-state index in [0.29, 0.717) is 24.2 Å². The van der Waals surface area contributed by atoms with Gasteiger partial charge in [0, 0.05) is 23.1 Å². The summed E-state index contributed by atoms with van der Waals surface area (Å²) in [5, 5.41) is 11.9. The third kappa shape index (κ3) is 8.14. The van der Waals surface area contributed by atoms with Gasteiger partial charge in [-0.2, -0.15) is 0 Å². The lowest BCUT2D eigenvalue weighted by Crippen LogP contribution is -2.32. The smallest absolute Gasteiger partial charge is 0.377 e. The lowest BCUT2D eigenvalue weighted by molar-refractivity contribution is -0.121. The van der Waals surface area contributed by atoms with Crippen LogP contribution in [-0.4, -0.2) is 84.7 Å². The van der Waals surface area contributed by atoms with Crippen molar-refractivity contribution in [2.24, 2.45) is 5.73 Å². The summed E-state index contributed by atoms with van der Waals surface area (Å²) in [4.78, 5) is 48.0. The molecule has 1 aromatic carbocycles. The highest BCUT2D eigenvalue weighted by molar-refractivity contribution is 7.47. The first-order valence-corrected chi connectivity index (χ1v) is 13.9. The van der Waals surface area contributed by atoms with Crippen molar-refractivity contribution in [3.63, 3.8) is 0 Å². The molecular formula is C19H28N4O12P2. The molecule has 0 spiro atoms. The Labute approximate surface area is 210 Å². The van der Waals surface area contributed by atoms with Crippen molar-refractivity contribution in [3.8, 4) is 0 Å². The fourth-order valence-electron chi connectivity index (χ4n) is 3.57. The van der Waals surface area contributed by atoms with Gasteiger partial charge in [0.15, 0.2) is 0 Å². The van der Waals surface area contributed by atoms with Crippen LogP contribution in [0.1, 0.15) is 16.1 Å². The van der Waals surface area contributed by atoms with Gasteiger partial charge < -0.3 is 40.6 Å².